The Labute approximate surface area is 66.0 Å². The van der Waals surface area contributed by atoms with Gasteiger partial charge < -0.3 is 10.0 Å². The minimum Gasteiger partial charge on any atom is -0.388 e. The Balaban J connectivity index is 2.57. The molecule has 0 aromatic heterocycles. The summed E-state index contributed by atoms with van der Waals surface area (Å²) in [5.74, 6) is 1.69. The molecule has 1 N–H and O–H groups in total. The first-order valence-electron chi connectivity index (χ1n) is 3.53. The van der Waals surface area contributed by atoms with Crippen molar-refractivity contribution < 1.29 is 9.90 Å². The number of hydrogen-bond acceptors (Lipinski definition) is 2. The minimum atomic E-state index is -0.744. The maximum atomic E-state index is 10.9. The molecular formula is C8H11NO2. The fraction of sp³-hybridized carbons (Fsp3) is 0.625. The van der Waals surface area contributed by atoms with Gasteiger partial charge in [0.2, 0.25) is 0 Å². The van der Waals surface area contributed by atoms with Crippen LogP contribution in [0.1, 0.15) is 13.3 Å². The van der Waals surface area contributed by atoms with Crippen LogP contribution in [0, 0.1) is 12.3 Å². The van der Waals surface area contributed by atoms with Crippen molar-refractivity contribution in [2.75, 3.05) is 13.1 Å². The van der Waals surface area contributed by atoms with Gasteiger partial charge in [0, 0.05) is 6.54 Å². The minimum absolute atomic E-state index is 0.331. The zero-order valence-corrected chi connectivity index (χ0v) is 6.50. The van der Waals surface area contributed by atoms with E-state index in [0.29, 0.717) is 19.5 Å². The number of nitrogens with zero attached hydrogens (tertiary/aromatic N) is 1. The lowest BCUT2D eigenvalue weighted by Crippen LogP contribution is -2.32. The van der Waals surface area contributed by atoms with Crippen LogP contribution in [0.5, 0.6) is 0 Å². The second-order valence-electron chi connectivity index (χ2n) is 3.12. The average molecular weight is 153 g/mol. The summed E-state index contributed by atoms with van der Waals surface area (Å²) in [4.78, 5) is 12.4. The van der Waals surface area contributed by atoms with Crippen molar-refractivity contribution >= 4 is 5.91 Å². The van der Waals surface area contributed by atoms with Crippen molar-refractivity contribution in [3.63, 3.8) is 0 Å². The molecule has 0 aromatic carbocycles. The van der Waals surface area contributed by atoms with Crippen molar-refractivity contribution in [1.82, 2.24) is 4.90 Å². The van der Waals surface area contributed by atoms with Gasteiger partial charge in [-0.1, -0.05) is 0 Å². The van der Waals surface area contributed by atoms with Crippen LogP contribution in [-0.2, 0) is 4.79 Å². The van der Waals surface area contributed by atoms with Crippen LogP contribution in [-0.4, -0.2) is 34.6 Å². The molecule has 1 heterocycles. The summed E-state index contributed by atoms with van der Waals surface area (Å²) < 4.78 is 0. The highest BCUT2D eigenvalue weighted by atomic mass is 16.3. The first-order valence-corrected chi connectivity index (χ1v) is 3.53. The van der Waals surface area contributed by atoms with E-state index >= 15 is 0 Å². The number of carbonyl (C=O) groups is 1. The molecular weight excluding hydrogens is 142 g/mol. The summed E-state index contributed by atoms with van der Waals surface area (Å²) in [6, 6.07) is 0. The molecule has 1 atom stereocenters. The number of aliphatic hydroxyl groups is 1. The molecule has 1 aliphatic rings. The van der Waals surface area contributed by atoms with Crippen LogP contribution in [0.3, 0.4) is 0 Å². The van der Waals surface area contributed by atoms with Crippen LogP contribution in [0.25, 0.3) is 0 Å². The topological polar surface area (TPSA) is 40.5 Å². The van der Waals surface area contributed by atoms with E-state index in [1.165, 1.54) is 4.90 Å². The molecule has 1 saturated heterocycles. The summed E-state index contributed by atoms with van der Waals surface area (Å²) in [6.45, 7) is 2.63. The first kappa shape index (κ1) is 8.09. The van der Waals surface area contributed by atoms with Crippen LogP contribution in [0.2, 0.25) is 0 Å². The van der Waals surface area contributed by atoms with Gasteiger partial charge in [-0.3, -0.25) is 4.79 Å². The standard InChI is InChI=1S/C8H11NO2/c1-3-7(10)9-5-4-8(2,11)6-9/h1,11H,4-6H2,2H3. The van der Waals surface area contributed by atoms with Crippen molar-refractivity contribution in [2.45, 2.75) is 18.9 Å². The maximum Gasteiger partial charge on any atom is 0.298 e. The van der Waals surface area contributed by atoms with Gasteiger partial charge >= 0.3 is 0 Å². The zero-order chi connectivity index (χ0) is 8.48. The van der Waals surface area contributed by atoms with Gasteiger partial charge in [0.15, 0.2) is 0 Å². The van der Waals surface area contributed by atoms with Crippen LogP contribution in [0.4, 0.5) is 0 Å². The van der Waals surface area contributed by atoms with Crippen molar-refractivity contribution in [3.8, 4) is 12.3 Å². The lowest BCUT2D eigenvalue weighted by atomic mass is 10.1. The Morgan fingerprint density at radius 3 is 2.82 bits per heavy atom. The van der Waals surface area contributed by atoms with Crippen molar-refractivity contribution in [3.05, 3.63) is 0 Å². The van der Waals surface area contributed by atoms with Crippen molar-refractivity contribution in [1.29, 1.82) is 0 Å². The van der Waals surface area contributed by atoms with Gasteiger partial charge in [0.1, 0.15) is 0 Å². The molecule has 1 rings (SSSR count). The smallest absolute Gasteiger partial charge is 0.298 e. The molecule has 0 saturated carbocycles. The van der Waals surface area contributed by atoms with E-state index in [1.807, 2.05) is 5.92 Å². The Bertz CT molecular complexity index is 215. The van der Waals surface area contributed by atoms with E-state index in [2.05, 4.69) is 0 Å². The van der Waals surface area contributed by atoms with Gasteiger partial charge in [-0.15, -0.1) is 6.42 Å². The maximum absolute atomic E-state index is 10.9. The number of terminal acetylenes is 1. The molecule has 1 amide bonds. The summed E-state index contributed by atoms with van der Waals surface area (Å²) in [5, 5.41) is 9.45. The highest BCUT2D eigenvalue weighted by molar-refractivity contribution is 5.93. The fourth-order valence-corrected chi connectivity index (χ4v) is 1.21. The number of β-amino-alcohol motifs (C(OH)–C–C–N with tert-alkyl or cyclic N) is 1. The van der Waals surface area contributed by atoms with E-state index in [-0.39, 0.29) is 5.91 Å². The van der Waals surface area contributed by atoms with Gasteiger partial charge in [0.05, 0.1) is 12.1 Å². The van der Waals surface area contributed by atoms with Crippen LogP contribution in [0.15, 0.2) is 0 Å². The van der Waals surface area contributed by atoms with E-state index in [4.69, 9.17) is 6.42 Å². The highest BCUT2D eigenvalue weighted by Crippen LogP contribution is 2.19. The second kappa shape index (κ2) is 2.55. The van der Waals surface area contributed by atoms with Gasteiger partial charge in [-0.05, 0) is 19.3 Å². The van der Waals surface area contributed by atoms with E-state index in [1.54, 1.807) is 6.92 Å². The molecule has 1 unspecified atom stereocenters. The Morgan fingerprint density at radius 2 is 2.45 bits per heavy atom. The zero-order valence-electron chi connectivity index (χ0n) is 6.50. The lowest BCUT2D eigenvalue weighted by Gasteiger charge is -2.16. The van der Waals surface area contributed by atoms with E-state index < -0.39 is 5.60 Å². The van der Waals surface area contributed by atoms with E-state index in [9.17, 15) is 9.90 Å². The predicted molar refractivity (Wildman–Crippen MR) is 40.7 cm³/mol. The number of carbonyl (C=O) groups excluding carboxylic acids is 1. The molecule has 0 radical (unpaired) electrons. The molecule has 3 heteroatoms. The Kier molecular flexibility index (Phi) is 1.88. The number of amides is 1. The van der Waals surface area contributed by atoms with Gasteiger partial charge in [0.25, 0.3) is 5.91 Å². The lowest BCUT2D eigenvalue weighted by molar-refractivity contribution is -0.124. The van der Waals surface area contributed by atoms with E-state index in [0.717, 1.165) is 0 Å². The largest absolute Gasteiger partial charge is 0.388 e. The molecule has 1 aliphatic heterocycles. The summed E-state index contributed by atoms with van der Waals surface area (Å²) in [5.41, 5.74) is -0.744. The monoisotopic (exact) mass is 153 g/mol. The quantitative estimate of drug-likeness (QED) is 0.481. The molecule has 3 nitrogen and oxygen atoms in total. The molecule has 0 aliphatic carbocycles. The molecule has 0 aromatic rings. The normalized spacial score (nSPS) is 30.1. The second-order valence-corrected chi connectivity index (χ2v) is 3.12. The Morgan fingerprint density at radius 1 is 1.82 bits per heavy atom. The third-order valence-corrected chi connectivity index (χ3v) is 1.86. The molecule has 1 fully saturated rings. The number of rotatable bonds is 0. The van der Waals surface area contributed by atoms with Crippen LogP contribution >= 0.6 is 0 Å². The molecule has 60 valence electrons. The van der Waals surface area contributed by atoms with Gasteiger partial charge in [-0.2, -0.15) is 0 Å². The summed E-state index contributed by atoms with van der Waals surface area (Å²) in [7, 11) is 0. The van der Waals surface area contributed by atoms with Gasteiger partial charge in [-0.25, -0.2) is 0 Å². The highest BCUT2D eigenvalue weighted by Gasteiger charge is 2.33. The SMILES string of the molecule is C#CC(=O)N1CCC(C)(O)C1. The molecule has 0 bridgehead atoms. The summed E-state index contributed by atoms with van der Waals surface area (Å²) in [6.07, 6.45) is 5.53. The molecule has 0 spiro atoms. The predicted octanol–water partition coefficient (Wildman–Crippen LogP) is -0.397. The summed E-state index contributed by atoms with van der Waals surface area (Å²) >= 11 is 0. The third kappa shape index (κ3) is 1.72. The van der Waals surface area contributed by atoms with Crippen molar-refractivity contribution in [2.24, 2.45) is 0 Å². The average Bonchev–Trinajstić information content (AvgIpc) is 2.29. The van der Waals surface area contributed by atoms with Crippen LogP contribution < -0.4 is 0 Å². The fourth-order valence-electron chi connectivity index (χ4n) is 1.21. The molecule has 11 heavy (non-hydrogen) atoms. The Hall–Kier alpha value is -1.01. The first-order chi connectivity index (χ1) is 5.05. The number of likely N-dealkylation sites (tertiary alicyclic amines) is 1. The third-order valence-electron chi connectivity index (χ3n) is 1.86. The number of hydrogen-bond donors (Lipinski definition) is 1.